The van der Waals surface area contributed by atoms with Gasteiger partial charge in [0.2, 0.25) is 0 Å². The molecule has 2 N–H and O–H groups in total. The predicted molar refractivity (Wildman–Crippen MR) is 148 cm³/mol. The molecule has 0 spiro atoms. The van der Waals surface area contributed by atoms with Crippen molar-refractivity contribution >= 4 is 21.4 Å². The van der Waals surface area contributed by atoms with E-state index in [0.29, 0.717) is 22.9 Å². The van der Waals surface area contributed by atoms with Crippen molar-refractivity contribution in [2.75, 3.05) is 23.7 Å². The topological polar surface area (TPSA) is 117 Å². The summed E-state index contributed by atoms with van der Waals surface area (Å²) in [6.07, 6.45) is -3.92. The Kier molecular flexibility index (Phi) is 8.25. The Labute approximate surface area is 237 Å². The highest BCUT2D eigenvalue weighted by Gasteiger charge is 2.36. The minimum Gasteiger partial charge on any atom is -0.389 e. The second-order valence-corrected chi connectivity index (χ2v) is 13.5. The number of imidazole rings is 1. The van der Waals surface area contributed by atoms with E-state index >= 15 is 0 Å². The van der Waals surface area contributed by atoms with Crippen LogP contribution in [0.2, 0.25) is 0 Å². The van der Waals surface area contributed by atoms with Crippen LogP contribution in [-0.2, 0) is 34.5 Å². The van der Waals surface area contributed by atoms with Crippen LogP contribution in [0.25, 0.3) is 0 Å². The molecule has 9 nitrogen and oxygen atoms in total. The lowest BCUT2D eigenvalue weighted by Gasteiger charge is -2.38. The molecule has 2 aromatic heterocycles. The van der Waals surface area contributed by atoms with Gasteiger partial charge in [0, 0.05) is 42.6 Å². The molecule has 0 aliphatic carbocycles. The third kappa shape index (κ3) is 6.56. The minimum absolute atomic E-state index is 0.00726. The Morgan fingerprint density at radius 1 is 1.15 bits per heavy atom. The summed E-state index contributed by atoms with van der Waals surface area (Å²) in [5.41, 5.74) is -0.0171. The van der Waals surface area contributed by atoms with Crippen LogP contribution < -0.4 is 10.2 Å². The van der Waals surface area contributed by atoms with Gasteiger partial charge in [-0.3, -0.25) is 9.78 Å². The molecule has 1 amide bonds. The second kappa shape index (κ2) is 11.1. The van der Waals surface area contributed by atoms with Crippen molar-refractivity contribution in [2.24, 2.45) is 0 Å². The molecule has 0 radical (unpaired) electrons. The summed E-state index contributed by atoms with van der Waals surface area (Å²) in [7, 11) is -3.40. The molecule has 1 aliphatic rings. The molecule has 41 heavy (non-hydrogen) atoms. The summed E-state index contributed by atoms with van der Waals surface area (Å²) >= 11 is 0. The highest BCUT2D eigenvalue weighted by Crippen LogP contribution is 2.37. The molecule has 1 saturated heterocycles. The molecule has 0 saturated carbocycles. The maximum absolute atomic E-state index is 14.1. The van der Waals surface area contributed by atoms with E-state index in [9.17, 15) is 31.5 Å². The molecule has 13 heteroatoms. The fourth-order valence-electron chi connectivity index (χ4n) is 4.64. The Morgan fingerprint density at radius 2 is 1.83 bits per heavy atom. The quantitative estimate of drug-likeness (QED) is 0.408. The number of nitrogens with one attached hydrogen (secondary N) is 1. The highest BCUT2D eigenvalue weighted by atomic mass is 32.2. The Morgan fingerprint density at radius 3 is 2.37 bits per heavy atom. The van der Waals surface area contributed by atoms with Gasteiger partial charge in [-0.05, 0) is 36.8 Å². The van der Waals surface area contributed by atoms with E-state index in [2.05, 4.69) is 15.3 Å². The molecule has 1 fully saturated rings. The number of hydrogen-bond acceptors (Lipinski definition) is 7. The zero-order valence-corrected chi connectivity index (χ0v) is 24.4. The van der Waals surface area contributed by atoms with Gasteiger partial charge in [0.1, 0.15) is 11.5 Å². The summed E-state index contributed by atoms with van der Waals surface area (Å²) in [5.74, 6) is -0.128. The molecule has 3 aromatic rings. The molecular formula is C28H34F3N5O4S. The number of nitrogens with zero attached hydrogens (tertiary/aromatic N) is 4. The number of sulfone groups is 1. The smallest absolute Gasteiger partial charge is 0.389 e. The zero-order chi connectivity index (χ0) is 30.3. The number of alkyl halides is 3. The monoisotopic (exact) mass is 593 g/mol. The molecule has 0 unspecified atom stereocenters. The second-order valence-electron chi connectivity index (χ2n) is 11.2. The number of carbonyl (C=O) groups excluding carboxylic acids is 1. The van der Waals surface area contributed by atoms with Crippen LogP contribution in [0.3, 0.4) is 0 Å². The van der Waals surface area contributed by atoms with Crippen LogP contribution >= 0.6 is 0 Å². The molecule has 3 heterocycles. The van der Waals surface area contributed by atoms with Gasteiger partial charge in [-0.15, -0.1) is 0 Å². The van der Waals surface area contributed by atoms with Crippen molar-refractivity contribution in [3.05, 3.63) is 70.6 Å². The van der Waals surface area contributed by atoms with Crippen molar-refractivity contribution in [2.45, 2.75) is 70.3 Å². The first-order valence-electron chi connectivity index (χ1n) is 13.2. The highest BCUT2D eigenvalue weighted by molar-refractivity contribution is 7.91. The molecular weight excluding hydrogens is 559 g/mol. The number of carbonyl (C=O) groups is 1. The first-order valence-corrected chi connectivity index (χ1v) is 14.8. The van der Waals surface area contributed by atoms with Crippen molar-refractivity contribution in [1.82, 2.24) is 19.9 Å². The predicted octanol–water partition coefficient (Wildman–Crippen LogP) is 3.86. The average molecular weight is 594 g/mol. The number of aliphatic hydroxyl groups excluding tert-OH is 1. The zero-order valence-electron chi connectivity index (χ0n) is 23.6. The van der Waals surface area contributed by atoms with Crippen LogP contribution in [0.1, 0.15) is 66.5 Å². The number of rotatable bonds is 8. The fraction of sp³-hybridized carbons (Fsp3) is 0.464. The number of halogens is 3. The lowest BCUT2D eigenvalue weighted by atomic mass is 9.95. The van der Waals surface area contributed by atoms with Crippen molar-refractivity contribution in [3.63, 3.8) is 0 Å². The fourth-order valence-corrected chi connectivity index (χ4v) is 5.46. The van der Waals surface area contributed by atoms with E-state index < -0.39 is 39.0 Å². The number of hydrogen-bond donors (Lipinski definition) is 2. The summed E-state index contributed by atoms with van der Waals surface area (Å²) in [6.45, 7) is 9.20. The summed E-state index contributed by atoms with van der Waals surface area (Å²) in [4.78, 5) is 23.6. The van der Waals surface area contributed by atoms with Crippen LogP contribution in [-0.4, -0.2) is 58.9 Å². The Balaban J connectivity index is 1.61. The van der Waals surface area contributed by atoms with Crippen LogP contribution in [0, 0.1) is 6.92 Å². The number of amides is 1. The van der Waals surface area contributed by atoms with Gasteiger partial charge in [-0.1, -0.05) is 33.8 Å². The van der Waals surface area contributed by atoms with Gasteiger partial charge in [0.15, 0.2) is 9.84 Å². The SMILES string of the molecule is CCS(=O)(=O)c1ccc(CNC(=O)c2nc(C(C)(C)C)n(Cc3ccc(N4CC(O)C4)cc3C(F)(F)F)c2C)nc1. The number of aliphatic hydroxyl groups is 1. The van der Waals surface area contributed by atoms with E-state index in [-0.39, 0.29) is 48.1 Å². The van der Waals surface area contributed by atoms with E-state index in [0.717, 1.165) is 6.07 Å². The Bertz CT molecular complexity index is 1540. The molecule has 0 atom stereocenters. The van der Waals surface area contributed by atoms with Gasteiger partial charge < -0.3 is 19.9 Å². The van der Waals surface area contributed by atoms with Gasteiger partial charge in [-0.2, -0.15) is 13.2 Å². The number of β-amino-alcohol motifs (C(OH)–C–C–N with tert-alkyl or cyclic N) is 1. The third-order valence-corrected chi connectivity index (χ3v) is 8.75. The first-order chi connectivity index (χ1) is 19.0. The van der Waals surface area contributed by atoms with Crippen LogP contribution in [0.15, 0.2) is 41.4 Å². The van der Waals surface area contributed by atoms with E-state index in [1.54, 1.807) is 22.5 Å². The van der Waals surface area contributed by atoms with Crippen molar-refractivity contribution in [3.8, 4) is 0 Å². The number of pyridine rings is 1. The van der Waals surface area contributed by atoms with Gasteiger partial charge >= 0.3 is 6.18 Å². The third-order valence-electron chi connectivity index (χ3n) is 7.03. The van der Waals surface area contributed by atoms with Gasteiger partial charge in [0.25, 0.3) is 5.91 Å². The number of anilines is 1. The lowest BCUT2D eigenvalue weighted by Crippen LogP contribution is -2.50. The summed E-state index contributed by atoms with van der Waals surface area (Å²) in [6, 6.07) is 7.08. The van der Waals surface area contributed by atoms with Gasteiger partial charge in [-0.25, -0.2) is 13.4 Å². The molecule has 4 rings (SSSR count). The lowest BCUT2D eigenvalue weighted by molar-refractivity contribution is -0.138. The molecule has 222 valence electrons. The number of benzene rings is 1. The Hall–Kier alpha value is -3.45. The molecule has 1 aromatic carbocycles. The molecule has 1 aliphatic heterocycles. The van der Waals surface area contributed by atoms with Crippen LogP contribution in [0.4, 0.5) is 18.9 Å². The maximum Gasteiger partial charge on any atom is 0.416 e. The number of aromatic nitrogens is 3. The first kappa shape index (κ1) is 30.5. The normalized spacial score (nSPS) is 14.7. The van der Waals surface area contributed by atoms with E-state index in [1.165, 1.54) is 31.3 Å². The summed E-state index contributed by atoms with van der Waals surface area (Å²) < 4.78 is 68.1. The van der Waals surface area contributed by atoms with Gasteiger partial charge in [0.05, 0.1) is 34.6 Å². The van der Waals surface area contributed by atoms with Crippen LogP contribution in [0.5, 0.6) is 0 Å². The van der Waals surface area contributed by atoms with E-state index in [4.69, 9.17) is 0 Å². The maximum atomic E-state index is 14.1. The minimum atomic E-state index is -4.61. The largest absolute Gasteiger partial charge is 0.416 e. The van der Waals surface area contributed by atoms with Crippen molar-refractivity contribution in [1.29, 1.82) is 0 Å². The summed E-state index contributed by atoms with van der Waals surface area (Å²) in [5, 5.41) is 12.3. The van der Waals surface area contributed by atoms with Crippen molar-refractivity contribution < 1.29 is 31.5 Å². The van der Waals surface area contributed by atoms with E-state index in [1.807, 2.05) is 20.8 Å². The molecule has 0 bridgehead atoms. The average Bonchev–Trinajstić information content (AvgIpc) is 3.21. The standard InChI is InChI=1S/C28H34F3N5O4S/c1-6-41(39,40)22-10-8-19(32-13-22)12-33-25(38)24-17(2)36(26(34-24)27(3,4)5)14-18-7-9-20(35-15-21(37)16-35)11-23(18)28(29,30)31/h7-11,13,21,37H,6,12,14-16H2,1-5H3,(H,33,38).